The van der Waals surface area contributed by atoms with Crippen LogP contribution in [0.2, 0.25) is 0 Å². The highest BCUT2D eigenvalue weighted by Crippen LogP contribution is 2.16. The van der Waals surface area contributed by atoms with E-state index in [0.717, 1.165) is 22.6 Å². The lowest BCUT2D eigenvalue weighted by atomic mass is 10.2. The Morgan fingerprint density at radius 3 is 2.58 bits per heavy atom. The smallest absolute Gasteiger partial charge is 0.270 e. The minimum Gasteiger partial charge on any atom is -0.361 e. The van der Waals surface area contributed by atoms with Gasteiger partial charge in [-0.25, -0.2) is 0 Å². The second-order valence-electron chi connectivity index (χ2n) is 5.97. The highest BCUT2D eigenvalue weighted by molar-refractivity contribution is 5.92. The highest BCUT2D eigenvalue weighted by atomic mass is 16.5. The van der Waals surface area contributed by atoms with Crippen molar-refractivity contribution in [2.45, 2.75) is 26.9 Å². The second kappa shape index (κ2) is 6.74. The molecule has 24 heavy (non-hydrogen) atoms. The molecule has 0 aliphatic carbocycles. The molecule has 2 heterocycles. The standard InChI is InChI=1S/C19H21N3O2/c1-14-17(15(2)24-20-14)13-21(3)19(23)18-10-7-11-22(18)12-16-8-5-4-6-9-16/h4-11H,12-13H2,1-3H3. The number of benzene rings is 1. The highest BCUT2D eigenvalue weighted by Gasteiger charge is 2.19. The molecule has 3 rings (SSSR count). The van der Waals surface area contributed by atoms with Crippen molar-refractivity contribution >= 4 is 5.91 Å². The van der Waals surface area contributed by atoms with Crippen molar-refractivity contribution in [1.82, 2.24) is 14.6 Å². The van der Waals surface area contributed by atoms with E-state index in [-0.39, 0.29) is 5.91 Å². The van der Waals surface area contributed by atoms with E-state index in [1.807, 2.05) is 54.9 Å². The summed E-state index contributed by atoms with van der Waals surface area (Å²) in [7, 11) is 1.80. The summed E-state index contributed by atoms with van der Waals surface area (Å²) < 4.78 is 7.15. The average Bonchev–Trinajstić information content (AvgIpc) is 3.16. The van der Waals surface area contributed by atoms with Gasteiger partial charge in [0, 0.05) is 25.4 Å². The Hall–Kier alpha value is -2.82. The van der Waals surface area contributed by atoms with E-state index in [0.29, 0.717) is 18.8 Å². The van der Waals surface area contributed by atoms with Gasteiger partial charge in [0.05, 0.1) is 12.2 Å². The first-order chi connectivity index (χ1) is 11.6. The van der Waals surface area contributed by atoms with E-state index in [9.17, 15) is 4.79 Å². The van der Waals surface area contributed by atoms with Crippen molar-refractivity contribution in [3.8, 4) is 0 Å². The Balaban J connectivity index is 1.77. The maximum Gasteiger partial charge on any atom is 0.270 e. The first kappa shape index (κ1) is 16.1. The average molecular weight is 323 g/mol. The van der Waals surface area contributed by atoms with Crippen LogP contribution in [0.4, 0.5) is 0 Å². The molecule has 1 aromatic carbocycles. The molecule has 0 saturated carbocycles. The fourth-order valence-corrected chi connectivity index (χ4v) is 2.76. The molecule has 0 atom stereocenters. The van der Waals surface area contributed by atoms with E-state index in [1.165, 1.54) is 0 Å². The van der Waals surface area contributed by atoms with Crippen molar-refractivity contribution in [2.24, 2.45) is 0 Å². The number of carbonyl (C=O) groups is 1. The van der Waals surface area contributed by atoms with Crippen LogP contribution < -0.4 is 0 Å². The molecule has 0 bridgehead atoms. The normalized spacial score (nSPS) is 10.8. The van der Waals surface area contributed by atoms with Gasteiger partial charge in [-0.3, -0.25) is 4.79 Å². The third-order valence-electron chi connectivity index (χ3n) is 4.17. The van der Waals surface area contributed by atoms with Gasteiger partial charge >= 0.3 is 0 Å². The number of amides is 1. The van der Waals surface area contributed by atoms with Gasteiger partial charge in [-0.15, -0.1) is 0 Å². The van der Waals surface area contributed by atoms with Crippen LogP contribution >= 0.6 is 0 Å². The molecule has 3 aromatic rings. The van der Waals surface area contributed by atoms with E-state index in [4.69, 9.17) is 4.52 Å². The Morgan fingerprint density at radius 1 is 1.17 bits per heavy atom. The molecule has 0 aliphatic rings. The number of rotatable bonds is 5. The summed E-state index contributed by atoms with van der Waals surface area (Å²) in [6.45, 7) is 4.92. The van der Waals surface area contributed by atoms with Crippen molar-refractivity contribution in [1.29, 1.82) is 0 Å². The number of carbonyl (C=O) groups excluding carboxylic acids is 1. The van der Waals surface area contributed by atoms with E-state index >= 15 is 0 Å². The molecule has 5 nitrogen and oxygen atoms in total. The van der Waals surface area contributed by atoms with Gasteiger partial charge < -0.3 is 14.0 Å². The largest absolute Gasteiger partial charge is 0.361 e. The number of hydrogen-bond acceptors (Lipinski definition) is 3. The van der Waals surface area contributed by atoms with Gasteiger partial charge in [0.2, 0.25) is 0 Å². The Morgan fingerprint density at radius 2 is 1.92 bits per heavy atom. The number of hydrogen-bond donors (Lipinski definition) is 0. The maximum absolute atomic E-state index is 12.8. The Bertz CT molecular complexity index is 814. The molecule has 0 aliphatic heterocycles. The zero-order valence-electron chi connectivity index (χ0n) is 14.2. The Kier molecular flexibility index (Phi) is 4.51. The molecule has 2 aromatic heterocycles. The third kappa shape index (κ3) is 3.25. The summed E-state index contributed by atoms with van der Waals surface area (Å²) in [5, 5.41) is 3.95. The van der Waals surface area contributed by atoms with Crippen molar-refractivity contribution < 1.29 is 9.32 Å². The van der Waals surface area contributed by atoms with Crippen LogP contribution in [-0.2, 0) is 13.1 Å². The van der Waals surface area contributed by atoms with Crippen molar-refractivity contribution in [3.05, 3.63) is 76.9 Å². The molecule has 124 valence electrons. The van der Waals surface area contributed by atoms with Gasteiger partial charge in [-0.2, -0.15) is 0 Å². The Labute approximate surface area is 141 Å². The summed E-state index contributed by atoms with van der Waals surface area (Å²) in [6, 6.07) is 13.9. The molecule has 0 unspecified atom stereocenters. The van der Waals surface area contributed by atoms with Crippen molar-refractivity contribution in [3.63, 3.8) is 0 Å². The van der Waals surface area contributed by atoms with Crippen LogP contribution in [0.15, 0.2) is 53.2 Å². The lowest BCUT2D eigenvalue weighted by Crippen LogP contribution is -2.28. The summed E-state index contributed by atoms with van der Waals surface area (Å²) in [6.07, 6.45) is 1.93. The summed E-state index contributed by atoms with van der Waals surface area (Å²) in [5.41, 5.74) is 3.63. The summed E-state index contributed by atoms with van der Waals surface area (Å²) in [4.78, 5) is 14.5. The quantitative estimate of drug-likeness (QED) is 0.723. The third-order valence-corrected chi connectivity index (χ3v) is 4.17. The van der Waals surface area contributed by atoms with Crippen LogP contribution in [0, 0.1) is 13.8 Å². The van der Waals surface area contributed by atoms with E-state index < -0.39 is 0 Å². The molecular weight excluding hydrogens is 302 g/mol. The van der Waals surface area contributed by atoms with Crippen LogP contribution in [0.3, 0.4) is 0 Å². The summed E-state index contributed by atoms with van der Waals surface area (Å²) in [5.74, 6) is 0.739. The zero-order valence-corrected chi connectivity index (χ0v) is 14.2. The van der Waals surface area contributed by atoms with Crippen LogP contribution in [-0.4, -0.2) is 27.6 Å². The maximum atomic E-state index is 12.8. The molecular formula is C19H21N3O2. The molecule has 5 heteroatoms. The van der Waals surface area contributed by atoms with Crippen LogP contribution in [0.25, 0.3) is 0 Å². The molecule has 0 fully saturated rings. The van der Waals surface area contributed by atoms with Gasteiger partial charge in [0.25, 0.3) is 5.91 Å². The zero-order chi connectivity index (χ0) is 17.1. The van der Waals surface area contributed by atoms with Gasteiger partial charge in [-0.05, 0) is 31.5 Å². The van der Waals surface area contributed by atoms with Crippen LogP contribution in [0.5, 0.6) is 0 Å². The molecule has 0 N–H and O–H groups in total. The van der Waals surface area contributed by atoms with Gasteiger partial charge in [0.15, 0.2) is 0 Å². The first-order valence-corrected chi connectivity index (χ1v) is 7.92. The lowest BCUT2D eigenvalue weighted by molar-refractivity contribution is 0.0774. The van der Waals surface area contributed by atoms with Gasteiger partial charge in [0.1, 0.15) is 11.5 Å². The summed E-state index contributed by atoms with van der Waals surface area (Å²) >= 11 is 0. The van der Waals surface area contributed by atoms with Crippen molar-refractivity contribution in [2.75, 3.05) is 7.05 Å². The van der Waals surface area contributed by atoms with E-state index in [2.05, 4.69) is 17.3 Å². The fourth-order valence-electron chi connectivity index (χ4n) is 2.76. The topological polar surface area (TPSA) is 51.3 Å². The minimum absolute atomic E-state index is 0.0177. The minimum atomic E-state index is -0.0177. The molecule has 0 radical (unpaired) electrons. The monoisotopic (exact) mass is 323 g/mol. The van der Waals surface area contributed by atoms with Gasteiger partial charge in [-0.1, -0.05) is 35.5 Å². The van der Waals surface area contributed by atoms with E-state index in [1.54, 1.807) is 11.9 Å². The van der Waals surface area contributed by atoms with Crippen LogP contribution in [0.1, 0.15) is 33.1 Å². The fraction of sp³-hybridized carbons (Fsp3) is 0.263. The predicted octanol–water partition coefficient (Wildman–Crippen LogP) is 3.41. The number of aryl methyl sites for hydroxylation is 2. The molecule has 1 amide bonds. The second-order valence-corrected chi connectivity index (χ2v) is 5.97. The molecule has 0 spiro atoms. The molecule has 0 saturated heterocycles. The first-order valence-electron chi connectivity index (χ1n) is 7.92. The predicted molar refractivity (Wildman–Crippen MR) is 91.8 cm³/mol. The SMILES string of the molecule is Cc1noc(C)c1CN(C)C(=O)c1cccn1Cc1ccccc1. The number of aromatic nitrogens is 2. The number of nitrogens with zero attached hydrogens (tertiary/aromatic N) is 3. The lowest BCUT2D eigenvalue weighted by Gasteiger charge is -2.18.